The van der Waals surface area contributed by atoms with E-state index < -0.39 is 0 Å². The summed E-state index contributed by atoms with van der Waals surface area (Å²) in [4.78, 5) is 0. The van der Waals surface area contributed by atoms with Gasteiger partial charge in [-0.15, -0.1) is 0 Å². The predicted molar refractivity (Wildman–Crippen MR) is 68.5 cm³/mol. The topological polar surface area (TPSA) is 0 Å². The van der Waals surface area contributed by atoms with Gasteiger partial charge in [-0.25, -0.2) is 0 Å². The third-order valence-electron chi connectivity index (χ3n) is 2.87. The van der Waals surface area contributed by atoms with Gasteiger partial charge in [0.15, 0.2) is 0 Å². The molecule has 0 saturated heterocycles. The van der Waals surface area contributed by atoms with Crippen LogP contribution in [0.5, 0.6) is 0 Å². The Bertz CT molecular complexity index is 370. The molecule has 82 valence electrons. The third kappa shape index (κ3) is 2.95. The Labute approximate surface area is 94.0 Å². The molecule has 0 aliphatic carbocycles. The van der Waals surface area contributed by atoms with Gasteiger partial charge in [0.1, 0.15) is 0 Å². The summed E-state index contributed by atoms with van der Waals surface area (Å²) in [6, 6.07) is 4.65. The fraction of sp³-hybridized carbons (Fsp3) is 0.467. The molecule has 0 bridgehead atoms. The average molecular weight is 202 g/mol. The lowest BCUT2D eigenvalue weighted by Crippen LogP contribution is -1.99. The molecule has 0 saturated carbocycles. The Morgan fingerprint density at radius 2 is 1.73 bits per heavy atom. The molecule has 0 aliphatic rings. The molecule has 0 aliphatic heterocycles. The van der Waals surface area contributed by atoms with E-state index >= 15 is 0 Å². The van der Waals surface area contributed by atoms with Crippen LogP contribution in [-0.4, -0.2) is 0 Å². The number of aryl methyl sites for hydroxylation is 2. The lowest BCUT2D eigenvalue weighted by Gasteiger charge is -2.15. The molecule has 0 heterocycles. The first-order chi connectivity index (χ1) is 6.91. The quantitative estimate of drug-likeness (QED) is 0.631. The van der Waals surface area contributed by atoms with E-state index in [0.717, 1.165) is 6.42 Å². The Kier molecular flexibility index (Phi) is 3.73. The number of rotatable bonds is 3. The maximum Gasteiger partial charge on any atom is -0.00696 e. The van der Waals surface area contributed by atoms with Gasteiger partial charge < -0.3 is 0 Å². The monoisotopic (exact) mass is 202 g/mol. The maximum absolute atomic E-state index is 4.00. The van der Waals surface area contributed by atoms with Gasteiger partial charge in [0.25, 0.3) is 0 Å². The van der Waals surface area contributed by atoms with Crippen LogP contribution in [0.3, 0.4) is 0 Å². The van der Waals surface area contributed by atoms with Crippen molar-refractivity contribution in [2.75, 3.05) is 0 Å². The molecule has 1 aromatic carbocycles. The second-order valence-electron chi connectivity index (χ2n) is 4.92. The Morgan fingerprint density at radius 1 is 1.20 bits per heavy atom. The van der Waals surface area contributed by atoms with E-state index in [9.17, 15) is 0 Å². The number of benzene rings is 1. The molecular weight excluding hydrogens is 180 g/mol. The molecule has 1 aromatic rings. The van der Waals surface area contributed by atoms with E-state index in [1.807, 2.05) is 0 Å². The smallest absolute Gasteiger partial charge is 0.00696 e. The molecule has 0 radical (unpaired) electrons. The molecular formula is C15H22. The molecule has 0 nitrogen and oxygen atoms in total. The number of hydrogen-bond acceptors (Lipinski definition) is 0. The molecule has 0 heteroatoms. The maximum atomic E-state index is 4.00. The highest BCUT2D eigenvalue weighted by Gasteiger charge is 2.08. The second kappa shape index (κ2) is 4.65. The van der Waals surface area contributed by atoms with Crippen molar-refractivity contribution in [1.82, 2.24) is 0 Å². The first-order valence-corrected chi connectivity index (χ1v) is 5.66. The van der Waals surface area contributed by atoms with E-state index in [2.05, 4.69) is 53.3 Å². The zero-order chi connectivity index (χ0) is 11.6. The van der Waals surface area contributed by atoms with Gasteiger partial charge >= 0.3 is 0 Å². The molecule has 15 heavy (non-hydrogen) atoms. The minimum Gasteiger partial charge on any atom is -0.0998 e. The summed E-state index contributed by atoms with van der Waals surface area (Å²) in [5, 5.41) is 0. The van der Waals surface area contributed by atoms with Crippen LogP contribution < -0.4 is 0 Å². The van der Waals surface area contributed by atoms with E-state index in [4.69, 9.17) is 0 Å². The standard InChI is InChI=1S/C15H22/c1-10(2)7-14-8-12(5)13(6)9-15(14)11(3)4/h8-9,11H,1,7H2,2-6H3. The average Bonchev–Trinajstić information content (AvgIpc) is 2.09. The zero-order valence-corrected chi connectivity index (χ0v) is 10.6. The molecule has 1 rings (SSSR count). The molecule has 0 fully saturated rings. The fourth-order valence-electron chi connectivity index (χ4n) is 1.91. The van der Waals surface area contributed by atoms with E-state index in [0.29, 0.717) is 5.92 Å². The summed E-state index contributed by atoms with van der Waals surface area (Å²) >= 11 is 0. The van der Waals surface area contributed by atoms with Gasteiger partial charge in [0, 0.05) is 0 Å². The number of hydrogen-bond donors (Lipinski definition) is 0. The molecule has 0 unspecified atom stereocenters. The SMILES string of the molecule is C=C(C)Cc1cc(C)c(C)cc1C(C)C. The summed E-state index contributed by atoms with van der Waals surface area (Å²) in [5.41, 5.74) is 6.93. The van der Waals surface area contributed by atoms with Crippen molar-refractivity contribution in [3.63, 3.8) is 0 Å². The highest BCUT2D eigenvalue weighted by Crippen LogP contribution is 2.25. The first-order valence-electron chi connectivity index (χ1n) is 5.66. The largest absolute Gasteiger partial charge is 0.0998 e. The zero-order valence-electron chi connectivity index (χ0n) is 10.6. The van der Waals surface area contributed by atoms with Crippen molar-refractivity contribution in [3.05, 3.63) is 46.5 Å². The normalized spacial score (nSPS) is 10.8. The van der Waals surface area contributed by atoms with Crippen LogP contribution in [-0.2, 0) is 6.42 Å². The minimum atomic E-state index is 0.596. The van der Waals surface area contributed by atoms with Crippen molar-refractivity contribution < 1.29 is 0 Å². The molecule has 0 N–H and O–H groups in total. The van der Waals surface area contributed by atoms with Gasteiger partial charge in [-0.1, -0.05) is 38.1 Å². The van der Waals surface area contributed by atoms with Crippen LogP contribution in [0, 0.1) is 13.8 Å². The van der Waals surface area contributed by atoms with Crippen molar-refractivity contribution in [2.24, 2.45) is 0 Å². The van der Waals surface area contributed by atoms with Gasteiger partial charge in [0.05, 0.1) is 0 Å². The Morgan fingerprint density at radius 3 is 2.20 bits per heavy atom. The van der Waals surface area contributed by atoms with Gasteiger partial charge in [-0.2, -0.15) is 0 Å². The number of allylic oxidation sites excluding steroid dienone is 1. The third-order valence-corrected chi connectivity index (χ3v) is 2.87. The molecule has 0 aromatic heterocycles. The van der Waals surface area contributed by atoms with Crippen LogP contribution in [0.1, 0.15) is 48.9 Å². The van der Waals surface area contributed by atoms with Crippen LogP contribution in [0.2, 0.25) is 0 Å². The summed E-state index contributed by atoms with van der Waals surface area (Å²) in [7, 11) is 0. The van der Waals surface area contributed by atoms with E-state index in [1.165, 1.54) is 27.8 Å². The Hall–Kier alpha value is -1.04. The predicted octanol–water partition coefficient (Wildman–Crippen LogP) is 4.55. The minimum absolute atomic E-state index is 0.596. The van der Waals surface area contributed by atoms with Crippen molar-refractivity contribution >= 4 is 0 Å². The van der Waals surface area contributed by atoms with Crippen molar-refractivity contribution in [3.8, 4) is 0 Å². The van der Waals surface area contributed by atoms with Crippen molar-refractivity contribution in [1.29, 1.82) is 0 Å². The lowest BCUT2D eigenvalue weighted by atomic mass is 9.90. The summed E-state index contributed by atoms with van der Waals surface area (Å²) in [5.74, 6) is 0.596. The Balaban J connectivity index is 3.21. The summed E-state index contributed by atoms with van der Waals surface area (Å²) in [6.07, 6.45) is 1.01. The van der Waals surface area contributed by atoms with Crippen LogP contribution in [0.4, 0.5) is 0 Å². The first kappa shape index (κ1) is 12.0. The van der Waals surface area contributed by atoms with Crippen molar-refractivity contribution in [2.45, 2.75) is 47.0 Å². The van der Waals surface area contributed by atoms with E-state index in [1.54, 1.807) is 0 Å². The van der Waals surface area contributed by atoms with Gasteiger partial charge in [-0.3, -0.25) is 0 Å². The van der Waals surface area contributed by atoms with Crippen LogP contribution >= 0.6 is 0 Å². The molecule has 0 spiro atoms. The van der Waals surface area contributed by atoms with E-state index in [-0.39, 0.29) is 0 Å². The lowest BCUT2D eigenvalue weighted by molar-refractivity contribution is 0.843. The highest BCUT2D eigenvalue weighted by molar-refractivity contribution is 5.40. The van der Waals surface area contributed by atoms with Gasteiger partial charge in [0.2, 0.25) is 0 Å². The highest BCUT2D eigenvalue weighted by atomic mass is 14.1. The molecule has 0 atom stereocenters. The van der Waals surface area contributed by atoms with Gasteiger partial charge in [-0.05, 0) is 55.4 Å². The summed E-state index contributed by atoms with van der Waals surface area (Å²) in [6.45, 7) is 15.0. The summed E-state index contributed by atoms with van der Waals surface area (Å²) < 4.78 is 0. The fourth-order valence-corrected chi connectivity index (χ4v) is 1.91. The molecule has 0 amide bonds. The van der Waals surface area contributed by atoms with Crippen LogP contribution in [0.25, 0.3) is 0 Å². The van der Waals surface area contributed by atoms with Crippen LogP contribution in [0.15, 0.2) is 24.3 Å². The second-order valence-corrected chi connectivity index (χ2v) is 4.92.